The van der Waals surface area contributed by atoms with Crippen molar-refractivity contribution < 1.29 is 33.2 Å². The first kappa shape index (κ1) is 24.2. The zero-order chi connectivity index (χ0) is 22.0. The zero-order valence-corrected chi connectivity index (χ0v) is 21.8. The van der Waals surface area contributed by atoms with Crippen molar-refractivity contribution in [1.82, 2.24) is 5.32 Å². The summed E-state index contributed by atoms with van der Waals surface area (Å²) >= 11 is 0. The van der Waals surface area contributed by atoms with Gasteiger partial charge >= 0.3 is 0 Å². The fourth-order valence-corrected chi connectivity index (χ4v) is 6.34. The molecule has 0 unspecified atom stereocenters. The van der Waals surface area contributed by atoms with E-state index < -0.39 is 0 Å². The number of fused-ring (bicyclic) bond motifs is 3. The molecule has 0 radical (unpaired) electrons. The van der Waals surface area contributed by atoms with Crippen LogP contribution in [0.4, 0.5) is 0 Å². The summed E-state index contributed by atoms with van der Waals surface area (Å²) < 4.78 is 6.78. The zero-order valence-electron chi connectivity index (χ0n) is 19.7. The van der Waals surface area contributed by atoms with Crippen molar-refractivity contribution in [2.45, 2.75) is 37.4 Å². The van der Waals surface area contributed by atoms with Crippen LogP contribution >= 0.6 is 0 Å². The summed E-state index contributed by atoms with van der Waals surface area (Å²) in [5.41, 5.74) is 4.10. The Morgan fingerprint density at radius 1 is 0.848 bits per heavy atom. The van der Waals surface area contributed by atoms with Gasteiger partial charge < -0.3 is 38.5 Å². The van der Waals surface area contributed by atoms with E-state index in [1.165, 1.54) is 42.6 Å². The van der Waals surface area contributed by atoms with E-state index in [0.717, 1.165) is 22.7 Å². The Kier molecular flexibility index (Phi) is 7.77. The van der Waals surface area contributed by atoms with Crippen LogP contribution < -0.4 is 34.0 Å². The monoisotopic (exact) mass is 554 g/mol. The molecule has 3 fully saturated rings. The molecule has 4 heteroatoms. The van der Waals surface area contributed by atoms with E-state index in [1.54, 1.807) is 7.11 Å². The van der Waals surface area contributed by atoms with Crippen LogP contribution in [0.3, 0.4) is 0 Å². The Morgan fingerprint density at radius 2 is 1.39 bits per heavy atom. The van der Waals surface area contributed by atoms with Gasteiger partial charge in [-0.2, -0.15) is 0 Å². The number of benzene rings is 3. The summed E-state index contributed by atoms with van der Waals surface area (Å²) in [5.74, 6) is 2.08. The Bertz CT molecular complexity index is 979. The van der Waals surface area contributed by atoms with E-state index in [-0.39, 0.29) is 24.0 Å². The van der Waals surface area contributed by atoms with Crippen LogP contribution in [0.1, 0.15) is 35.4 Å². The molecule has 3 aliphatic heterocycles. The molecule has 3 nitrogen and oxygen atoms in total. The van der Waals surface area contributed by atoms with E-state index >= 15 is 0 Å². The summed E-state index contributed by atoms with van der Waals surface area (Å²) in [6.45, 7) is 3.40. The summed E-state index contributed by atoms with van der Waals surface area (Å²) in [6.07, 6.45) is 2.62. The maximum absolute atomic E-state index is 5.64. The van der Waals surface area contributed by atoms with Gasteiger partial charge in [-0.15, -0.1) is 0 Å². The van der Waals surface area contributed by atoms with Gasteiger partial charge in [-0.05, 0) is 23.1 Å². The molecule has 3 aromatic carbocycles. The Hall–Kier alpha value is -1.89. The predicted molar refractivity (Wildman–Crippen MR) is 131 cm³/mol. The van der Waals surface area contributed by atoms with Gasteiger partial charge in [0.2, 0.25) is 0 Å². The number of methoxy groups -OCH3 is 1. The average Bonchev–Trinajstić information content (AvgIpc) is 2.85. The minimum atomic E-state index is 0. The number of para-hydroxylation sites is 1. The molecule has 33 heavy (non-hydrogen) atoms. The second kappa shape index (κ2) is 10.6. The molecule has 0 aliphatic carbocycles. The molecule has 6 rings (SSSR count). The molecule has 2 bridgehead atoms. The number of nitrogens with zero attached hydrogens (tertiary/aromatic N) is 1. The number of nitrogens with one attached hydrogen (secondary N) is 1. The third-order valence-corrected chi connectivity index (χ3v) is 8.00. The molecule has 0 saturated carbocycles. The Morgan fingerprint density at radius 3 is 1.97 bits per heavy atom. The lowest BCUT2D eigenvalue weighted by atomic mass is 9.69. The number of quaternary nitrogens is 1. The first-order valence-electron chi connectivity index (χ1n) is 12.0. The molecule has 2 atom stereocenters. The minimum Gasteiger partial charge on any atom is -1.00 e. The van der Waals surface area contributed by atoms with E-state index in [0.29, 0.717) is 18.0 Å². The summed E-state index contributed by atoms with van der Waals surface area (Å²) in [5, 5.41) is 4.04. The highest BCUT2D eigenvalue weighted by molar-refractivity contribution is 5.36. The van der Waals surface area contributed by atoms with Crippen LogP contribution in [0.5, 0.6) is 5.75 Å². The number of hydrogen-bond acceptors (Lipinski definition) is 2. The fourth-order valence-electron chi connectivity index (χ4n) is 6.34. The van der Waals surface area contributed by atoms with Gasteiger partial charge in [0.05, 0.1) is 39.2 Å². The molecular weight excluding hydrogens is 519 g/mol. The van der Waals surface area contributed by atoms with Gasteiger partial charge in [0.1, 0.15) is 11.8 Å². The van der Waals surface area contributed by atoms with Crippen LogP contribution in [0, 0.1) is 5.92 Å². The summed E-state index contributed by atoms with van der Waals surface area (Å²) in [7, 11) is 4.26. The van der Waals surface area contributed by atoms with Crippen LogP contribution in [-0.4, -0.2) is 43.8 Å². The van der Waals surface area contributed by atoms with Crippen molar-refractivity contribution in [3.63, 3.8) is 0 Å². The number of hydrogen-bond donors (Lipinski definition) is 1. The molecule has 3 aromatic rings. The smallest absolute Gasteiger partial charge is 0.123 e. The molecule has 0 spiro atoms. The van der Waals surface area contributed by atoms with Crippen molar-refractivity contribution in [2.75, 3.05) is 27.2 Å². The second-order valence-electron chi connectivity index (χ2n) is 9.77. The lowest BCUT2D eigenvalue weighted by Crippen LogP contribution is -3.00. The highest BCUT2D eigenvalue weighted by atomic mass is 127. The first-order chi connectivity index (χ1) is 15.7. The maximum Gasteiger partial charge on any atom is 0.123 e. The van der Waals surface area contributed by atoms with Crippen molar-refractivity contribution in [3.8, 4) is 5.75 Å². The molecule has 0 aromatic heterocycles. The van der Waals surface area contributed by atoms with E-state index in [4.69, 9.17) is 4.74 Å². The highest BCUT2D eigenvalue weighted by Gasteiger charge is 2.54. The molecule has 0 amide bonds. The van der Waals surface area contributed by atoms with Gasteiger partial charge in [0.15, 0.2) is 0 Å². The molecule has 3 heterocycles. The number of piperidine rings is 3. The van der Waals surface area contributed by atoms with Gasteiger partial charge in [-0.1, -0.05) is 78.9 Å². The maximum atomic E-state index is 5.64. The topological polar surface area (TPSA) is 21.3 Å². The van der Waals surface area contributed by atoms with Gasteiger partial charge in [-0.25, -0.2) is 0 Å². The number of ether oxygens (including phenoxy) is 1. The van der Waals surface area contributed by atoms with Gasteiger partial charge in [-0.3, -0.25) is 0 Å². The van der Waals surface area contributed by atoms with Crippen molar-refractivity contribution >= 4 is 0 Å². The number of likely N-dealkylation sites (N-methyl/N-ethyl adjacent to an activating group) is 1. The highest BCUT2D eigenvalue weighted by Crippen LogP contribution is 2.45. The molecular formula is C29H35IN2O. The minimum absolute atomic E-state index is 0. The molecule has 174 valence electrons. The SMILES string of the molecule is COc1ccccc1CN[C@H]1C2CC[N+](C)(CC2)[C@H]1C(c1ccccc1)c1ccccc1.[I-]. The van der Waals surface area contributed by atoms with Crippen LogP contribution in [0.2, 0.25) is 0 Å². The second-order valence-corrected chi connectivity index (χ2v) is 9.77. The average molecular weight is 555 g/mol. The third kappa shape index (κ3) is 4.84. The van der Waals surface area contributed by atoms with E-state index in [2.05, 4.69) is 91.2 Å². The Labute approximate surface area is 215 Å². The van der Waals surface area contributed by atoms with E-state index in [1.807, 2.05) is 6.07 Å². The van der Waals surface area contributed by atoms with Crippen molar-refractivity contribution in [3.05, 3.63) is 102 Å². The quantitative estimate of drug-likeness (QED) is 0.358. The van der Waals surface area contributed by atoms with Crippen molar-refractivity contribution in [2.24, 2.45) is 5.92 Å². The molecule has 3 aliphatic rings. The van der Waals surface area contributed by atoms with Crippen LogP contribution in [0.25, 0.3) is 0 Å². The molecule has 1 N–H and O–H groups in total. The van der Waals surface area contributed by atoms with Crippen molar-refractivity contribution in [1.29, 1.82) is 0 Å². The standard InChI is InChI=1S/C29H35N2O.HI/c1-31-19-17-24(18-20-31)28(30-21-25-15-9-10-16-26(25)32-2)29(31)27(22-11-5-3-6-12-22)23-13-7-4-8-14-23;/h3-16,24,27-30H,17-21H2,1-2H3;1H/q+1;/p-1/t24?,28-,29-,31?;/m0./s1. The summed E-state index contributed by atoms with van der Waals surface area (Å²) in [4.78, 5) is 0. The fraction of sp³-hybridized carbons (Fsp3) is 0.379. The van der Waals surface area contributed by atoms with Gasteiger partial charge in [0.25, 0.3) is 0 Å². The van der Waals surface area contributed by atoms with Crippen LogP contribution in [-0.2, 0) is 6.54 Å². The lowest BCUT2D eigenvalue weighted by molar-refractivity contribution is -0.951. The Balaban J connectivity index is 0.00000259. The van der Waals surface area contributed by atoms with E-state index in [9.17, 15) is 0 Å². The first-order valence-corrected chi connectivity index (χ1v) is 12.0. The third-order valence-electron chi connectivity index (χ3n) is 8.00. The predicted octanol–water partition coefficient (Wildman–Crippen LogP) is 2.23. The summed E-state index contributed by atoms with van der Waals surface area (Å²) in [6, 6.07) is 31.7. The number of rotatable bonds is 7. The van der Waals surface area contributed by atoms with Crippen LogP contribution in [0.15, 0.2) is 84.9 Å². The van der Waals surface area contributed by atoms with Gasteiger partial charge in [0, 0.05) is 24.9 Å². The number of halogens is 1. The largest absolute Gasteiger partial charge is 1.00 e. The lowest BCUT2D eigenvalue weighted by Gasteiger charge is -2.58. The normalized spacial score (nSPS) is 26.1. The molecule has 3 saturated heterocycles.